The minimum absolute atomic E-state index is 0.287. The molecule has 2 heterocycles. The van der Waals surface area contributed by atoms with E-state index >= 15 is 0 Å². The molecule has 3 rings (SSSR count). The Morgan fingerprint density at radius 3 is 3.12 bits per heavy atom. The third kappa shape index (κ3) is 1.39. The fourth-order valence-corrected chi connectivity index (χ4v) is 1.82. The van der Waals surface area contributed by atoms with Gasteiger partial charge in [-0.05, 0) is 18.2 Å². The molecule has 0 amide bonds. The number of imidazole rings is 1. The fraction of sp³-hybridized carbons (Fsp3) is 0.0833. The third-order valence-corrected chi connectivity index (χ3v) is 2.55. The lowest BCUT2D eigenvalue weighted by molar-refractivity contribution is 0.355. The Balaban J connectivity index is 2.14. The Bertz CT molecular complexity index is 546. The zero-order chi connectivity index (χ0) is 11.0. The molecule has 1 N–H and O–H groups in total. The number of hydrogen-bond acceptors (Lipinski definition) is 2. The molecule has 0 atom stereocenters. The lowest BCUT2D eigenvalue weighted by Gasteiger charge is -2.17. The van der Waals surface area contributed by atoms with Crippen molar-refractivity contribution in [2.24, 2.45) is 0 Å². The molecule has 1 aliphatic rings. The number of nitrogens with zero attached hydrogens (tertiary/aromatic N) is 1. The average molecular weight is 216 g/mol. The number of ether oxygens (including phenoxy) is 1. The number of hydrogen-bond donors (Lipinski definition) is 1. The van der Waals surface area contributed by atoms with Crippen LogP contribution in [0.3, 0.4) is 0 Å². The van der Waals surface area contributed by atoms with Gasteiger partial charge in [-0.1, -0.05) is 0 Å². The number of nitrogens with one attached hydrogen (secondary N) is 1. The Morgan fingerprint density at radius 2 is 2.31 bits per heavy atom. The number of aromatic nitrogens is 2. The van der Waals surface area contributed by atoms with Gasteiger partial charge < -0.3 is 9.72 Å². The van der Waals surface area contributed by atoms with Crippen molar-refractivity contribution in [3.63, 3.8) is 0 Å². The maximum Gasteiger partial charge on any atom is 0.130 e. The highest BCUT2D eigenvalue weighted by Crippen LogP contribution is 2.33. The van der Waals surface area contributed by atoms with Crippen LogP contribution in [0.1, 0.15) is 11.3 Å². The van der Waals surface area contributed by atoms with Crippen molar-refractivity contribution in [2.45, 2.75) is 0 Å². The fourth-order valence-electron chi connectivity index (χ4n) is 1.82. The first kappa shape index (κ1) is 9.15. The highest BCUT2D eigenvalue weighted by molar-refractivity contribution is 5.82. The van der Waals surface area contributed by atoms with Crippen molar-refractivity contribution in [2.75, 3.05) is 6.61 Å². The number of halogens is 1. The summed E-state index contributed by atoms with van der Waals surface area (Å²) in [7, 11) is 0. The molecule has 0 bridgehead atoms. The molecule has 0 spiro atoms. The van der Waals surface area contributed by atoms with Gasteiger partial charge in [0.25, 0.3) is 0 Å². The van der Waals surface area contributed by atoms with E-state index in [1.165, 1.54) is 12.1 Å². The Labute approximate surface area is 91.6 Å². The third-order valence-electron chi connectivity index (χ3n) is 2.55. The summed E-state index contributed by atoms with van der Waals surface area (Å²) in [5.74, 6) is 0.289. The molecule has 1 aliphatic heterocycles. The van der Waals surface area contributed by atoms with Gasteiger partial charge in [-0.15, -0.1) is 0 Å². The molecule has 0 saturated carbocycles. The van der Waals surface area contributed by atoms with Gasteiger partial charge in [-0.2, -0.15) is 0 Å². The molecular formula is C12H9FN2O. The first-order valence-electron chi connectivity index (χ1n) is 4.96. The van der Waals surface area contributed by atoms with Gasteiger partial charge in [-0.25, -0.2) is 9.37 Å². The standard InChI is InChI=1S/C12H9FN2O/c13-8-1-2-10-9(11-6-14-7-15-11)3-4-16-12(10)5-8/h1-3,5-7H,4H2,(H,14,15). The molecule has 0 unspecified atom stereocenters. The molecule has 80 valence electrons. The average Bonchev–Trinajstić information content (AvgIpc) is 2.81. The molecule has 2 aromatic rings. The predicted octanol–water partition coefficient (Wildman–Crippen LogP) is 2.37. The van der Waals surface area contributed by atoms with Crippen LogP contribution in [0.5, 0.6) is 5.75 Å². The largest absolute Gasteiger partial charge is 0.489 e. The molecule has 16 heavy (non-hydrogen) atoms. The van der Waals surface area contributed by atoms with E-state index in [0.717, 1.165) is 16.8 Å². The van der Waals surface area contributed by atoms with Crippen molar-refractivity contribution in [1.29, 1.82) is 0 Å². The molecule has 4 heteroatoms. The minimum Gasteiger partial charge on any atom is -0.489 e. The summed E-state index contributed by atoms with van der Waals surface area (Å²) in [6.45, 7) is 0.449. The summed E-state index contributed by atoms with van der Waals surface area (Å²) >= 11 is 0. The molecule has 0 aliphatic carbocycles. The second kappa shape index (κ2) is 3.48. The Hall–Kier alpha value is -2.10. The highest BCUT2D eigenvalue weighted by atomic mass is 19.1. The zero-order valence-electron chi connectivity index (χ0n) is 8.40. The summed E-state index contributed by atoms with van der Waals surface area (Å²) in [4.78, 5) is 7.01. The van der Waals surface area contributed by atoms with E-state index in [1.807, 2.05) is 6.08 Å². The normalized spacial score (nSPS) is 13.9. The Morgan fingerprint density at radius 1 is 1.38 bits per heavy atom. The van der Waals surface area contributed by atoms with Crippen molar-refractivity contribution in [3.8, 4) is 5.75 Å². The monoisotopic (exact) mass is 216 g/mol. The van der Waals surface area contributed by atoms with Gasteiger partial charge in [0.05, 0.1) is 18.2 Å². The van der Waals surface area contributed by atoms with Crippen molar-refractivity contribution in [3.05, 3.63) is 53.9 Å². The van der Waals surface area contributed by atoms with Gasteiger partial charge in [0.2, 0.25) is 0 Å². The van der Waals surface area contributed by atoms with Crippen molar-refractivity contribution in [1.82, 2.24) is 9.97 Å². The smallest absolute Gasteiger partial charge is 0.130 e. The van der Waals surface area contributed by atoms with Crippen LogP contribution < -0.4 is 4.74 Å². The van der Waals surface area contributed by atoms with Gasteiger partial charge in [0, 0.05) is 17.2 Å². The summed E-state index contributed by atoms with van der Waals surface area (Å²) < 4.78 is 18.4. The molecule has 3 nitrogen and oxygen atoms in total. The molecule has 1 aromatic carbocycles. The minimum atomic E-state index is -0.287. The van der Waals surface area contributed by atoms with Gasteiger partial charge in [-0.3, -0.25) is 0 Å². The van der Waals surface area contributed by atoms with E-state index in [1.54, 1.807) is 18.6 Å². The Kier molecular flexibility index (Phi) is 1.99. The first-order valence-corrected chi connectivity index (χ1v) is 4.96. The predicted molar refractivity (Wildman–Crippen MR) is 57.6 cm³/mol. The van der Waals surface area contributed by atoms with Crippen LogP contribution >= 0.6 is 0 Å². The number of benzene rings is 1. The molecule has 0 saturated heterocycles. The maximum atomic E-state index is 13.0. The highest BCUT2D eigenvalue weighted by Gasteiger charge is 2.16. The second-order valence-corrected chi connectivity index (χ2v) is 3.53. The lowest BCUT2D eigenvalue weighted by Crippen LogP contribution is -2.05. The topological polar surface area (TPSA) is 37.9 Å². The van der Waals surface area contributed by atoms with E-state index in [4.69, 9.17) is 4.74 Å². The van der Waals surface area contributed by atoms with E-state index in [2.05, 4.69) is 9.97 Å². The van der Waals surface area contributed by atoms with Crippen LogP contribution in [-0.2, 0) is 0 Å². The van der Waals surface area contributed by atoms with Crippen LogP contribution in [0, 0.1) is 5.82 Å². The summed E-state index contributed by atoms with van der Waals surface area (Å²) in [5, 5.41) is 0. The van der Waals surface area contributed by atoms with Crippen molar-refractivity contribution < 1.29 is 9.13 Å². The van der Waals surface area contributed by atoms with Crippen LogP contribution in [0.4, 0.5) is 4.39 Å². The van der Waals surface area contributed by atoms with Crippen molar-refractivity contribution >= 4 is 5.57 Å². The quantitative estimate of drug-likeness (QED) is 0.794. The SMILES string of the molecule is Fc1ccc2c(c1)OCC=C2c1cnc[nH]1. The molecule has 0 fully saturated rings. The van der Waals surface area contributed by atoms with E-state index < -0.39 is 0 Å². The number of rotatable bonds is 1. The van der Waals surface area contributed by atoms with Crippen LogP contribution in [0.2, 0.25) is 0 Å². The molecular weight excluding hydrogens is 207 g/mol. The van der Waals surface area contributed by atoms with Crippen LogP contribution in [0.25, 0.3) is 5.57 Å². The number of fused-ring (bicyclic) bond motifs is 1. The lowest BCUT2D eigenvalue weighted by atomic mass is 10.0. The molecule has 0 radical (unpaired) electrons. The van der Waals surface area contributed by atoms with Crippen LogP contribution in [0.15, 0.2) is 36.8 Å². The van der Waals surface area contributed by atoms with Gasteiger partial charge >= 0.3 is 0 Å². The number of H-pyrrole nitrogens is 1. The maximum absolute atomic E-state index is 13.0. The first-order chi connectivity index (χ1) is 7.84. The summed E-state index contributed by atoms with van der Waals surface area (Å²) in [6, 6.07) is 4.55. The summed E-state index contributed by atoms with van der Waals surface area (Å²) in [5.41, 5.74) is 2.80. The van der Waals surface area contributed by atoms with E-state index in [0.29, 0.717) is 12.4 Å². The number of aromatic amines is 1. The molecule has 1 aromatic heterocycles. The zero-order valence-corrected chi connectivity index (χ0v) is 8.40. The van der Waals surface area contributed by atoms with E-state index in [-0.39, 0.29) is 5.82 Å². The van der Waals surface area contributed by atoms with Gasteiger partial charge in [0.15, 0.2) is 0 Å². The summed E-state index contributed by atoms with van der Waals surface area (Å²) in [6.07, 6.45) is 5.31. The second-order valence-electron chi connectivity index (χ2n) is 3.53. The van der Waals surface area contributed by atoms with E-state index in [9.17, 15) is 4.39 Å². The van der Waals surface area contributed by atoms with Crippen LogP contribution in [-0.4, -0.2) is 16.6 Å². The van der Waals surface area contributed by atoms with Gasteiger partial charge in [0.1, 0.15) is 18.2 Å².